The van der Waals surface area contributed by atoms with E-state index in [0.29, 0.717) is 16.8 Å². The lowest BCUT2D eigenvalue weighted by molar-refractivity contribution is 0.474. The van der Waals surface area contributed by atoms with Crippen molar-refractivity contribution in [3.05, 3.63) is 47.5 Å². The van der Waals surface area contributed by atoms with Crippen LogP contribution in [0, 0.1) is 13.8 Å². The zero-order valence-electron chi connectivity index (χ0n) is 11.2. The summed E-state index contributed by atoms with van der Waals surface area (Å²) in [4.78, 5) is 0.0341. The van der Waals surface area contributed by atoms with Crippen molar-refractivity contribution in [2.24, 2.45) is 0 Å². The van der Waals surface area contributed by atoms with E-state index >= 15 is 0 Å². The summed E-state index contributed by atoms with van der Waals surface area (Å²) in [5, 5.41) is 9.48. The van der Waals surface area contributed by atoms with Gasteiger partial charge in [-0.1, -0.05) is 12.1 Å². The van der Waals surface area contributed by atoms with Crippen molar-refractivity contribution in [1.29, 1.82) is 0 Å². The first-order valence-corrected chi connectivity index (χ1v) is 7.47. The third kappa shape index (κ3) is 2.70. The lowest BCUT2D eigenvalue weighted by atomic mass is 10.1. The van der Waals surface area contributed by atoms with E-state index in [4.69, 9.17) is 5.73 Å². The van der Waals surface area contributed by atoms with Gasteiger partial charge in [0.2, 0.25) is 0 Å². The van der Waals surface area contributed by atoms with Gasteiger partial charge in [0.1, 0.15) is 10.6 Å². The average molecular weight is 292 g/mol. The summed E-state index contributed by atoms with van der Waals surface area (Å²) in [6.07, 6.45) is 0. The smallest absolute Gasteiger partial charge is 0.263 e. The second-order valence-electron chi connectivity index (χ2n) is 4.60. The topological polar surface area (TPSA) is 92.4 Å². The van der Waals surface area contributed by atoms with Gasteiger partial charge in [-0.05, 0) is 49.2 Å². The molecular weight excluding hydrogens is 276 g/mol. The van der Waals surface area contributed by atoms with Crippen LogP contribution in [0.3, 0.4) is 0 Å². The van der Waals surface area contributed by atoms with Gasteiger partial charge in [-0.2, -0.15) is 0 Å². The van der Waals surface area contributed by atoms with Crippen molar-refractivity contribution >= 4 is 21.4 Å². The summed E-state index contributed by atoms with van der Waals surface area (Å²) in [7, 11) is -3.76. The number of anilines is 2. The van der Waals surface area contributed by atoms with Gasteiger partial charge in [0.05, 0.1) is 11.4 Å². The second kappa shape index (κ2) is 5.05. The van der Waals surface area contributed by atoms with Crippen molar-refractivity contribution in [2.45, 2.75) is 18.7 Å². The Hall–Kier alpha value is -2.21. The highest BCUT2D eigenvalue weighted by Gasteiger charge is 2.19. The summed E-state index contributed by atoms with van der Waals surface area (Å²) >= 11 is 0. The number of nitrogen functional groups attached to an aromatic ring is 1. The number of aryl methyl sites for hydroxylation is 2. The van der Waals surface area contributed by atoms with Crippen LogP contribution in [0.5, 0.6) is 5.75 Å². The Morgan fingerprint density at radius 3 is 2.20 bits per heavy atom. The Morgan fingerprint density at radius 1 is 1.10 bits per heavy atom. The van der Waals surface area contributed by atoms with Crippen molar-refractivity contribution in [3.8, 4) is 5.75 Å². The number of aromatic hydroxyl groups is 1. The highest BCUT2D eigenvalue weighted by molar-refractivity contribution is 7.92. The van der Waals surface area contributed by atoms with E-state index in [-0.39, 0.29) is 16.3 Å². The maximum absolute atomic E-state index is 12.4. The number of phenolic OH excluding ortho intramolecular Hbond substituents is 1. The SMILES string of the molecule is Cc1cc(O)cc(C)c1NS(=O)(=O)c1ccccc1N. The quantitative estimate of drug-likeness (QED) is 0.598. The van der Waals surface area contributed by atoms with Gasteiger partial charge in [0, 0.05) is 0 Å². The van der Waals surface area contributed by atoms with Crippen LogP contribution in [0.4, 0.5) is 11.4 Å². The summed E-state index contributed by atoms with van der Waals surface area (Å²) < 4.78 is 27.2. The van der Waals surface area contributed by atoms with Crippen LogP contribution < -0.4 is 10.5 Å². The predicted molar refractivity (Wildman–Crippen MR) is 79.2 cm³/mol. The van der Waals surface area contributed by atoms with Gasteiger partial charge < -0.3 is 10.8 Å². The van der Waals surface area contributed by atoms with E-state index < -0.39 is 10.0 Å². The molecular formula is C14H16N2O3S. The molecule has 0 aliphatic heterocycles. The highest BCUT2D eigenvalue weighted by Crippen LogP contribution is 2.28. The summed E-state index contributed by atoms with van der Waals surface area (Å²) in [6.45, 7) is 3.44. The van der Waals surface area contributed by atoms with Crippen LogP contribution in [0.15, 0.2) is 41.3 Å². The molecule has 5 nitrogen and oxygen atoms in total. The lowest BCUT2D eigenvalue weighted by Crippen LogP contribution is -2.16. The third-order valence-electron chi connectivity index (χ3n) is 2.96. The van der Waals surface area contributed by atoms with Crippen LogP contribution in [-0.4, -0.2) is 13.5 Å². The number of benzene rings is 2. The van der Waals surface area contributed by atoms with Crippen molar-refractivity contribution in [3.63, 3.8) is 0 Å². The van der Waals surface area contributed by atoms with E-state index in [1.54, 1.807) is 26.0 Å². The van der Waals surface area contributed by atoms with Gasteiger partial charge in [-0.15, -0.1) is 0 Å². The van der Waals surface area contributed by atoms with E-state index in [9.17, 15) is 13.5 Å². The van der Waals surface area contributed by atoms with Crippen LogP contribution in [0.1, 0.15) is 11.1 Å². The summed E-state index contributed by atoms with van der Waals surface area (Å²) in [5.74, 6) is 0.0992. The number of para-hydroxylation sites is 1. The molecule has 2 aromatic carbocycles. The minimum Gasteiger partial charge on any atom is -0.508 e. The zero-order chi connectivity index (χ0) is 14.9. The zero-order valence-corrected chi connectivity index (χ0v) is 12.0. The molecule has 4 N–H and O–H groups in total. The molecule has 2 aromatic rings. The van der Waals surface area contributed by atoms with Gasteiger partial charge in [0.15, 0.2) is 0 Å². The van der Waals surface area contributed by atoms with Gasteiger partial charge in [-0.3, -0.25) is 4.72 Å². The lowest BCUT2D eigenvalue weighted by Gasteiger charge is -2.14. The van der Waals surface area contributed by atoms with Gasteiger partial charge in [0.25, 0.3) is 10.0 Å². The van der Waals surface area contributed by atoms with E-state index in [1.165, 1.54) is 24.3 Å². The van der Waals surface area contributed by atoms with Crippen LogP contribution in [0.2, 0.25) is 0 Å². The summed E-state index contributed by atoms with van der Waals surface area (Å²) in [5.41, 5.74) is 7.62. The molecule has 0 radical (unpaired) electrons. The molecule has 0 heterocycles. The van der Waals surface area contributed by atoms with E-state index in [0.717, 1.165) is 0 Å². The molecule has 0 saturated carbocycles. The molecule has 0 bridgehead atoms. The fourth-order valence-corrected chi connectivity index (χ4v) is 3.35. The van der Waals surface area contributed by atoms with E-state index in [2.05, 4.69) is 4.72 Å². The number of sulfonamides is 1. The molecule has 0 saturated heterocycles. The average Bonchev–Trinajstić information content (AvgIpc) is 2.34. The first-order valence-electron chi connectivity index (χ1n) is 5.99. The molecule has 0 aliphatic carbocycles. The molecule has 0 amide bonds. The summed E-state index contributed by atoms with van der Waals surface area (Å²) in [6, 6.07) is 9.26. The maximum Gasteiger partial charge on any atom is 0.263 e. The van der Waals surface area contributed by atoms with Crippen LogP contribution in [0.25, 0.3) is 0 Å². The van der Waals surface area contributed by atoms with Crippen LogP contribution >= 0.6 is 0 Å². The minimum absolute atomic E-state index is 0.0341. The van der Waals surface area contributed by atoms with Crippen molar-refractivity contribution < 1.29 is 13.5 Å². The first-order chi connectivity index (χ1) is 9.31. The van der Waals surface area contributed by atoms with Gasteiger partial charge in [-0.25, -0.2) is 8.42 Å². The van der Waals surface area contributed by atoms with Crippen molar-refractivity contribution in [1.82, 2.24) is 0 Å². The second-order valence-corrected chi connectivity index (χ2v) is 6.25. The Morgan fingerprint density at radius 2 is 1.65 bits per heavy atom. The fraction of sp³-hybridized carbons (Fsp3) is 0.143. The molecule has 0 atom stereocenters. The number of hydrogen-bond donors (Lipinski definition) is 3. The van der Waals surface area contributed by atoms with Gasteiger partial charge >= 0.3 is 0 Å². The Balaban J connectivity index is 2.47. The Bertz CT molecular complexity index is 732. The first kappa shape index (κ1) is 14.2. The molecule has 6 heteroatoms. The molecule has 0 fully saturated rings. The van der Waals surface area contributed by atoms with Crippen molar-refractivity contribution in [2.75, 3.05) is 10.5 Å². The molecule has 106 valence electrons. The van der Waals surface area contributed by atoms with E-state index in [1.807, 2.05) is 0 Å². The predicted octanol–water partition coefficient (Wildman–Crippen LogP) is 2.39. The maximum atomic E-state index is 12.4. The highest BCUT2D eigenvalue weighted by atomic mass is 32.2. The number of phenols is 1. The van der Waals surface area contributed by atoms with Crippen LogP contribution in [-0.2, 0) is 10.0 Å². The largest absolute Gasteiger partial charge is 0.508 e. The molecule has 0 unspecified atom stereocenters. The Labute approximate surface area is 118 Å². The molecule has 20 heavy (non-hydrogen) atoms. The third-order valence-corrected chi connectivity index (χ3v) is 4.39. The number of nitrogens with two attached hydrogens (primary N) is 1. The number of rotatable bonds is 3. The fourth-order valence-electron chi connectivity index (χ4n) is 2.02. The molecule has 0 aromatic heterocycles. The molecule has 2 rings (SSSR count). The standard InChI is InChI=1S/C14H16N2O3S/c1-9-7-11(17)8-10(2)14(9)16-20(18,19)13-6-4-3-5-12(13)15/h3-8,16-17H,15H2,1-2H3. The normalized spacial score (nSPS) is 11.3. The monoisotopic (exact) mass is 292 g/mol. The minimum atomic E-state index is -3.76. The number of hydrogen-bond acceptors (Lipinski definition) is 4. The molecule has 0 aliphatic rings. The molecule has 0 spiro atoms. The Kier molecular flexibility index (Phi) is 3.59. The number of nitrogens with one attached hydrogen (secondary N) is 1.